The van der Waals surface area contributed by atoms with Gasteiger partial charge in [-0.15, -0.1) is 0 Å². The van der Waals surface area contributed by atoms with Crippen molar-refractivity contribution in [3.8, 4) is 5.75 Å². The quantitative estimate of drug-likeness (QED) is 0.852. The summed E-state index contributed by atoms with van der Waals surface area (Å²) in [4.78, 5) is 13.1. The Morgan fingerprint density at radius 3 is 2.50 bits per heavy atom. The number of nitrogens with one attached hydrogen (secondary N) is 1. The molecule has 0 saturated carbocycles. The van der Waals surface area contributed by atoms with E-state index in [1.807, 2.05) is 17.0 Å². The van der Waals surface area contributed by atoms with Crippen LogP contribution >= 0.6 is 0 Å². The molecule has 2 N–H and O–H groups in total. The molecule has 1 aliphatic rings. The summed E-state index contributed by atoms with van der Waals surface area (Å²) in [6.07, 6.45) is 2.02. The predicted octanol–water partition coefficient (Wildman–Crippen LogP) is 1.49. The van der Waals surface area contributed by atoms with Gasteiger partial charge in [0.2, 0.25) is 5.91 Å². The molecular formula is C14H20N2O2. The van der Waals surface area contributed by atoms with Crippen LogP contribution in [-0.4, -0.2) is 35.0 Å². The second-order valence-electron chi connectivity index (χ2n) is 4.83. The van der Waals surface area contributed by atoms with E-state index in [2.05, 4.69) is 5.32 Å². The third-order valence-electron chi connectivity index (χ3n) is 3.47. The number of amides is 1. The monoisotopic (exact) mass is 248 g/mol. The number of hydrogen-bond donors (Lipinski definition) is 2. The molecule has 1 aromatic carbocycles. The molecule has 1 saturated heterocycles. The van der Waals surface area contributed by atoms with Crippen LogP contribution in [0.4, 0.5) is 0 Å². The lowest BCUT2D eigenvalue weighted by Gasteiger charge is -2.31. The first-order valence-electron chi connectivity index (χ1n) is 6.42. The van der Waals surface area contributed by atoms with E-state index in [4.69, 9.17) is 0 Å². The van der Waals surface area contributed by atoms with Crippen LogP contribution in [0.5, 0.6) is 5.75 Å². The van der Waals surface area contributed by atoms with Gasteiger partial charge in [0.15, 0.2) is 0 Å². The minimum absolute atomic E-state index is 0.173. The fourth-order valence-electron chi connectivity index (χ4n) is 2.27. The molecular weight excluding hydrogens is 228 g/mol. The second kappa shape index (κ2) is 5.87. The fraction of sp³-hybridized carbons (Fsp3) is 0.500. The summed E-state index contributed by atoms with van der Waals surface area (Å²) in [5, 5.41) is 12.7. The number of hydrogen-bond acceptors (Lipinski definition) is 3. The molecule has 0 radical (unpaired) electrons. The van der Waals surface area contributed by atoms with Crippen molar-refractivity contribution in [2.24, 2.45) is 0 Å². The van der Waals surface area contributed by atoms with Gasteiger partial charge in [-0.05, 0) is 30.5 Å². The fourth-order valence-corrected chi connectivity index (χ4v) is 2.27. The van der Waals surface area contributed by atoms with Crippen LogP contribution in [0.3, 0.4) is 0 Å². The molecule has 0 spiro atoms. The number of phenolic OH excluding ortho intramolecular Hbond substituents is 1. The molecule has 98 valence electrons. The molecule has 0 aliphatic carbocycles. The summed E-state index contributed by atoms with van der Waals surface area (Å²) in [5.41, 5.74) is 1.17. The van der Waals surface area contributed by atoms with E-state index in [1.54, 1.807) is 19.1 Å². The van der Waals surface area contributed by atoms with Crippen molar-refractivity contribution in [3.05, 3.63) is 29.8 Å². The van der Waals surface area contributed by atoms with Crippen molar-refractivity contribution in [2.45, 2.75) is 32.4 Å². The first-order valence-corrected chi connectivity index (χ1v) is 6.42. The molecule has 0 aromatic heterocycles. The number of likely N-dealkylation sites (tertiary alicyclic amines) is 1. The highest BCUT2D eigenvalue weighted by Gasteiger charge is 2.19. The molecule has 18 heavy (non-hydrogen) atoms. The summed E-state index contributed by atoms with van der Waals surface area (Å²) in [7, 11) is 0. The Bertz CT molecular complexity index is 395. The van der Waals surface area contributed by atoms with Gasteiger partial charge in [-0.2, -0.15) is 0 Å². The van der Waals surface area contributed by atoms with E-state index in [-0.39, 0.29) is 5.91 Å². The van der Waals surface area contributed by atoms with Crippen molar-refractivity contribution in [3.63, 3.8) is 0 Å². The molecule has 4 nitrogen and oxygen atoms in total. The van der Waals surface area contributed by atoms with Crippen molar-refractivity contribution in [2.75, 3.05) is 13.1 Å². The van der Waals surface area contributed by atoms with E-state index in [9.17, 15) is 9.90 Å². The number of nitrogens with zero attached hydrogens (tertiary/aromatic N) is 1. The van der Waals surface area contributed by atoms with Crippen LogP contribution in [0, 0.1) is 0 Å². The van der Waals surface area contributed by atoms with E-state index in [0.29, 0.717) is 11.8 Å². The molecule has 0 atom stereocenters. The van der Waals surface area contributed by atoms with E-state index >= 15 is 0 Å². The largest absolute Gasteiger partial charge is 0.508 e. The standard InChI is InChI=1S/C14H20N2O2/c1-11(17)16-8-6-13(7-9-16)15-10-12-2-4-14(18)5-3-12/h2-5,13,15,18H,6-10H2,1H3. The number of piperidine rings is 1. The zero-order valence-electron chi connectivity index (χ0n) is 10.7. The van der Waals surface area contributed by atoms with Gasteiger partial charge in [0.1, 0.15) is 5.75 Å². The number of benzene rings is 1. The molecule has 2 rings (SSSR count). The molecule has 1 aliphatic heterocycles. The van der Waals surface area contributed by atoms with Crippen LogP contribution in [0.1, 0.15) is 25.3 Å². The highest BCUT2D eigenvalue weighted by molar-refractivity contribution is 5.73. The van der Waals surface area contributed by atoms with Crippen molar-refractivity contribution in [1.82, 2.24) is 10.2 Å². The van der Waals surface area contributed by atoms with E-state index < -0.39 is 0 Å². The maximum Gasteiger partial charge on any atom is 0.219 e. The normalized spacial score (nSPS) is 16.8. The average Bonchev–Trinajstić information content (AvgIpc) is 2.38. The maximum absolute atomic E-state index is 11.2. The molecule has 1 amide bonds. The Labute approximate surface area is 108 Å². The Balaban J connectivity index is 1.75. The lowest BCUT2D eigenvalue weighted by Crippen LogP contribution is -2.43. The first-order chi connectivity index (χ1) is 8.65. The average molecular weight is 248 g/mol. The molecule has 4 heteroatoms. The zero-order chi connectivity index (χ0) is 13.0. The van der Waals surface area contributed by atoms with Gasteiger partial charge >= 0.3 is 0 Å². The van der Waals surface area contributed by atoms with Gasteiger partial charge in [0, 0.05) is 32.6 Å². The molecule has 1 fully saturated rings. The summed E-state index contributed by atoms with van der Waals surface area (Å²) < 4.78 is 0. The molecule has 1 aromatic rings. The van der Waals surface area contributed by atoms with Crippen LogP contribution < -0.4 is 5.32 Å². The summed E-state index contributed by atoms with van der Waals surface area (Å²) >= 11 is 0. The first kappa shape index (κ1) is 12.9. The minimum Gasteiger partial charge on any atom is -0.508 e. The third kappa shape index (κ3) is 3.47. The Kier molecular flexibility index (Phi) is 4.20. The SMILES string of the molecule is CC(=O)N1CCC(NCc2ccc(O)cc2)CC1. The van der Waals surface area contributed by atoms with Gasteiger partial charge < -0.3 is 15.3 Å². The number of phenols is 1. The van der Waals surface area contributed by atoms with Crippen molar-refractivity contribution in [1.29, 1.82) is 0 Å². The Hall–Kier alpha value is -1.55. The summed E-state index contributed by atoms with van der Waals surface area (Å²) in [5.74, 6) is 0.473. The van der Waals surface area contributed by atoms with Crippen molar-refractivity contribution >= 4 is 5.91 Å². The van der Waals surface area contributed by atoms with Gasteiger partial charge in [-0.3, -0.25) is 4.79 Å². The number of aromatic hydroxyl groups is 1. The lowest BCUT2D eigenvalue weighted by molar-refractivity contribution is -0.129. The minimum atomic E-state index is 0.173. The van der Waals surface area contributed by atoms with Crippen molar-refractivity contribution < 1.29 is 9.90 Å². The predicted molar refractivity (Wildman–Crippen MR) is 70.2 cm³/mol. The van der Waals surface area contributed by atoms with E-state index in [0.717, 1.165) is 32.5 Å². The van der Waals surface area contributed by atoms with Crippen LogP contribution in [0.25, 0.3) is 0 Å². The van der Waals surface area contributed by atoms with Gasteiger partial charge in [0.25, 0.3) is 0 Å². The molecule has 0 bridgehead atoms. The van der Waals surface area contributed by atoms with E-state index in [1.165, 1.54) is 5.56 Å². The highest BCUT2D eigenvalue weighted by Crippen LogP contribution is 2.13. The Morgan fingerprint density at radius 2 is 1.94 bits per heavy atom. The van der Waals surface area contributed by atoms with Crippen LogP contribution in [0.2, 0.25) is 0 Å². The molecule has 0 unspecified atom stereocenters. The third-order valence-corrected chi connectivity index (χ3v) is 3.47. The smallest absolute Gasteiger partial charge is 0.219 e. The lowest BCUT2D eigenvalue weighted by atomic mass is 10.0. The molecule has 1 heterocycles. The number of rotatable bonds is 3. The van der Waals surface area contributed by atoms with Gasteiger partial charge in [-0.1, -0.05) is 12.1 Å². The maximum atomic E-state index is 11.2. The zero-order valence-corrected chi connectivity index (χ0v) is 10.7. The second-order valence-corrected chi connectivity index (χ2v) is 4.83. The Morgan fingerprint density at radius 1 is 1.33 bits per heavy atom. The summed E-state index contributed by atoms with van der Waals surface area (Å²) in [6, 6.07) is 7.74. The summed E-state index contributed by atoms with van der Waals surface area (Å²) in [6.45, 7) is 4.14. The highest BCUT2D eigenvalue weighted by atomic mass is 16.3. The van der Waals surface area contributed by atoms with Crippen LogP contribution in [-0.2, 0) is 11.3 Å². The van der Waals surface area contributed by atoms with Crippen LogP contribution in [0.15, 0.2) is 24.3 Å². The topological polar surface area (TPSA) is 52.6 Å². The number of carbonyl (C=O) groups excluding carboxylic acids is 1. The van der Waals surface area contributed by atoms with Gasteiger partial charge in [0.05, 0.1) is 0 Å². The number of carbonyl (C=O) groups is 1. The van der Waals surface area contributed by atoms with Gasteiger partial charge in [-0.25, -0.2) is 0 Å².